The summed E-state index contributed by atoms with van der Waals surface area (Å²) in [4.78, 5) is 24.1. The Labute approximate surface area is 193 Å². The van der Waals surface area contributed by atoms with Crippen molar-refractivity contribution in [3.63, 3.8) is 0 Å². The molecule has 0 radical (unpaired) electrons. The molecule has 0 spiro atoms. The third-order valence-corrected chi connectivity index (χ3v) is 5.98. The van der Waals surface area contributed by atoms with Crippen LogP contribution in [0.2, 0.25) is 0 Å². The van der Waals surface area contributed by atoms with E-state index in [1.807, 2.05) is 19.9 Å². The van der Waals surface area contributed by atoms with Crippen LogP contribution >= 0.6 is 11.3 Å². The van der Waals surface area contributed by atoms with Crippen molar-refractivity contribution in [3.8, 4) is 17.2 Å². The number of nitrogens with one attached hydrogen (secondary N) is 1. The molecule has 7 nitrogen and oxygen atoms in total. The number of amides is 1. The van der Waals surface area contributed by atoms with Crippen molar-refractivity contribution in [2.75, 3.05) is 7.11 Å². The number of ether oxygens (including phenoxy) is 1. The summed E-state index contributed by atoms with van der Waals surface area (Å²) in [7, 11) is 1.50. The van der Waals surface area contributed by atoms with E-state index in [0.717, 1.165) is 22.2 Å². The third-order valence-electron chi connectivity index (χ3n) is 5.01. The number of hydrogen-bond acceptors (Lipinski definition) is 6. The highest BCUT2D eigenvalue weighted by Gasteiger charge is 2.21. The van der Waals surface area contributed by atoms with Crippen LogP contribution in [0.5, 0.6) is 0 Å². The van der Waals surface area contributed by atoms with Crippen molar-refractivity contribution in [2.45, 2.75) is 27.0 Å². The first-order valence-corrected chi connectivity index (χ1v) is 10.9. The zero-order valence-electron chi connectivity index (χ0n) is 18.2. The van der Waals surface area contributed by atoms with Gasteiger partial charge < -0.3 is 10.1 Å². The molecule has 0 fully saturated rings. The quantitative estimate of drug-likeness (QED) is 0.435. The third kappa shape index (κ3) is 4.67. The van der Waals surface area contributed by atoms with E-state index in [1.54, 1.807) is 17.5 Å². The van der Waals surface area contributed by atoms with Crippen molar-refractivity contribution in [3.05, 3.63) is 80.9 Å². The molecule has 1 aromatic carbocycles. The van der Waals surface area contributed by atoms with E-state index < -0.39 is 17.5 Å². The first-order valence-electron chi connectivity index (χ1n) is 10.1. The Hall–Kier alpha value is -3.50. The van der Waals surface area contributed by atoms with E-state index >= 15 is 0 Å². The Morgan fingerprint density at radius 2 is 2.06 bits per heavy atom. The van der Waals surface area contributed by atoms with Crippen LogP contribution in [0.4, 0.5) is 8.78 Å². The molecular formula is C23H21F2N5O2S. The highest BCUT2D eigenvalue weighted by molar-refractivity contribution is 7.12. The van der Waals surface area contributed by atoms with Crippen LogP contribution in [0.25, 0.3) is 17.2 Å². The molecule has 10 heteroatoms. The molecule has 33 heavy (non-hydrogen) atoms. The fourth-order valence-electron chi connectivity index (χ4n) is 3.45. The number of rotatable bonds is 7. The van der Waals surface area contributed by atoms with Gasteiger partial charge in [-0.15, -0.1) is 11.3 Å². The maximum absolute atomic E-state index is 13.9. The number of aryl methyl sites for hydroxylation is 2. The second-order valence-electron chi connectivity index (χ2n) is 7.31. The Kier molecular flexibility index (Phi) is 6.57. The smallest absolute Gasteiger partial charge is 0.255 e. The molecule has 0 saturated carbocycles. The van der Waals surface area contributed by atoms with Gasteiger partial charge in [-0.1, -0.05) is 12.1 Å². The molecule has 4 aromatic rings. The molecule has 170 valence electrons. The molecule has 0 atom stereocenters. The lowest BCUT2D eigenvalue weighted by Gasteiger charge is -2.10. The van der Waals surface area contributed by atoms with Crippen LogP contribution < -0.4 is 5.32 Å². The normalized spacial score (nSPS) is 11.1. The number of halogens is 2. The first-order chi connectivity index (χ1) is 15.9. The molecule has 1 N–H and O–H groups in total. The largest absolute Gasteiger partial charge is 0.378 e. The van der Waals surface area contributed by atoms with Crippen molar-refractivity contribution in [1.29, 1.82) is 0 Å². The Morgan fingerprint density at radius 1 is 1.24 bits per heavy atom. The summed E-state index contributed by atoms with van der Waals surface area (Å²) in [5.74, 6) is -2.17. The summed E-state index contributed by atoms with van der Waals surface area (Å²) in [6.07, 6.45) is 3.01. The average Bonchev–Trinajstić information content (AvgIpc) is 3.37. The van der Waals surface area contributed by atoms with Gasteiger partial charge in [-0.3, -0.25) is 4.79 Å². The van der Waals surface area contributed by atoms with Gasteiger partial charge in [-0.2, -0.15) is 9.78 Å². The predicted molar refractivity (Wildman–Crippen MR) is 120 cm³/mol. The van der Waals surface area contributed by atoms with Gasteiger partial charge in [-0.25, -0.2) is 18.7 Å². The van der Waals surface area contributed by atoms with Gasteiger partial charge >= 0.3 is 0 Å². The second kappa shape index (κ2) is 9.55. The summed E-state index contributed by atoms with van der Waals surface area (Å²) in [6.45, 7) is 3.96. The van der Waals surface area contributed by atoms with Gasteiger partial charge in [0.2, 0.25) is 0 Å². The first kappa shape index (κ1) is 22.7. The Balaban J connectivity index is 1.63. The van der Waals surface area contributed by atoms with Gasteiger partial charge in [0, 0.05) is 40.7 Å². The summed E-state index contributed by atoms with van der Waals surface area (Å²) >= 11 is 1.68. The van der Waals surface area contributed by atoms with E-state index in [9.17, 15) is 13.6 Å². The minimum atomic E-state index is -0.991. The van der Waals surface area contributed by atoms with Gasteiger partial charge in [0.05, 0.1) is 29.8 Å². The van der Waals surface area contributed by atoms with E-state index in [0.29, 0.717) is 5.69 Å². The molecule has 4 rings (SSSR count). The highest BCUT2D eigenvalue weighted by Crippen LogP contribution is 2.29. The average molecular weight is 470 g/mol. The van der Waals surface area contributed by atoms with Crippen LogP contribution in [-0.2, 0) is 17.9 Å². The lowest BCUT2D eigenvalue weighted by atomic mass is 10.2. The van der Waals surface area contributed by atoms with Crippen molar-refractivity contribution >= 4 is 17.2 Å². The zero-order valence-corrected chi connectivity index (χ0v) is 19.0. The standard InChI is InChI=1S/C23H21F2N5O2S/c1-13-9-16(14(2)33-13)19-7-8-26-23(29-19)30-20(12-32-3)17(11-28-30)22(31)27-10-15-5-4-6-18(24)21(15)25/h4-9,11H,10,12H2,1-3H3,(H,27,31). The molecular weight excluding hydrogens is 448 g/mol. The number of nitrogens with zero attached hydrogens (tertiary/aromatic N) is 4. The van der Waals surface area contributed by atoms with E-state index in [2.05, 4.69) is 26.4 Å². The van der Waals surface area contributed by atoms with Gasteiger partial charge in [-0.05, 0) is 32.0 Å². The van der Waals surface area contributed by atoms with E-state index in [-0.39, 0.29) is 30.2 Å². The fraction of sp³-hybridized carbons (Fsp3) is 0.217. The Bertz CT molecular complexity index is 1320. The minimum Gasteiger partial charge on any atom is -0.378 e. The van der Waals surface area contributed by atoms with Crippen molar-refractivity contribution in [1.82, 2.24) is 25.1 Å². The van der Waals surface area contributed by atoms with Crippen LogP contribution in [0, 0.1) is 25.5 Å². The summed E-state index contributed by atoms with van der Waals surface area (Å²) in [5, 5.41) is 6.89. The van der Waals surface area contributed by atoms with Gasteiger partial charge in [0.25, 0.3) is 11.9 Å². The number of thiophene rings is 1. The van der Waals surface area contributed by atoms with Crippen molar-refractivity contribution < 1.29 is 18.3 Å². The molecule has 0 unspecified atom stereocenters. The number of aromatic nitrogens is 4. The maximum Gasteiger partial charge on any atom is 0.255 e. The molecule has 0 bridgehead atoms. The number of carbonyl (C=O) groups excluding carboxylic acids is 1. The van der Waals surface area contributed by atoms with Crippen LogP contribution in [0.3, 0.4) is 0 Å². The highest BCUT2D eigenvalue weighted by atomic mass is 32.1. The lowest BCUT2D eigenvalue weighted by molar-refractivity contribution is 0.0945. The molecule has 3 heterocycles. The maximum atomic E-state index is 13.9. The molecule has 0 saturated heterocycles. The predicted octanol–water partition coefficient (Wildman–Crippen LogP) is 4.36. The summed E-state index contributed by atoms with van der Waals surface area (Å²) < 4.78 is 34.1. The van der Waals surface area contributed by atoms with E-state index in [4.69, 9.17) is 4.74 Å². The molecule has 0 aliphatic rings. The summed E-state index contributed by atoms with van der Waals surface area (Å²) in [5.41, 5.74) is 2.46. The molecule has 1 amide bonds. The monoisotopic (exact) mass is 469 g/mol. The van der Waals surface area contributed by atoms with Gasteiger partial charge in [0.1, 0.15) is 0 Å². The topological polar surface area (TPSA) is 81.9 Å². The number of hydrogen-bond donors (Lipinski definition) is 1. The van der Waals surface area contributed by atoms with Crippen molar-refractivity contribution in [2.24, 2.45) is 0 Å². The zero-order chi connectivity index (χ0) is 23.5. The van der Waals surface area contributed by atoms with Crippen LogP contribution in [0.15, 0.2) is 42.7 Å². The summed E-state index contributed by atoms with van der Waals surface area (Å²) in [6, 6.07) is 7.70. The SMILES string of the molecule is COCc1c(C(=O)NCc2cccc(F)c2F)cnn1-c1nccc(-c2cc(C)sc2C)n1. The van der Waals surface area contributed by atoms with E-state index in [1.165, 1.54) is 35.0 Å². The number of benzene rings is 1. The Morgan fingerprint density at radius 3 is 2.79 bits per heavy atom. The minimum absolute atomic E-state index is 0.0431. The fourth-order valence-corrected chi connectivity index (χ4v) is 4.39. The van der Waals surface area contributed by atoms with Crippen LogP contribution in [0.1, 0.15) is 31.4 Å². The van der Waals surface area contributed by atoms with Gasteiger partial charge in [0.15, 0.2) is 11.6 Å². The number of methoxy groups -OCH3 is 1. The number of carbonyl (C=O) groups is 1. The lowest BCUT2D eigenvalue weighted by Crippen LogP contribution is -2.24. The molecule has 3 aromatic heterocycles. The van der Waals surface area contributed by atoms with Crippen LogP contribution in [-0.4, -0.2) is 32.8 Å². The molecule has 0 aliphatic heterocycles. The molecule has 0 aliphatic carbocycles. The second-order valence-corrected chi connectivity index (χ2v) is 8.77.